The first-order chi connectivity index (χ1) is 8.69. The standard InChI is InChI=1S/C15H19NO2/c1-9(2)16-10-5-6-11(16)15-13(18-4)8-7-12(17-3)14(10)15/h5-11H,1-4H3. The summed E-state index contributed by atoms with van der Waals surface area (Å²) in [7, 11) is 3.47. The van der Waals surface area contributed by atoms with Crippen LogP contribution in [0.1, 0.15) is 37.1 Å². The van der Waals surface area contributed by atoms with Crippen LogP contribution in [0.4, 0.5) is 0 Å². The molecule has 3 rings (SSSR count). The Morgan fingerprint density at radius 2 is 1.39 bits per heavy atom. The minimum absolute atomic E-state index is 0.329. The Balaban J connectivity index is 2.18. The lowest BCUT2D eigenvalue weighted by Crippen LogP contribution is -2.28. The highest BCUT2D eigenvalue weighted by molar-refractivity contribution is 5.59. The van der Waals surface area contributed by atoms with Gasteiger partial charge in [0.05, 0.1) is 26.3 Å². The molecule has 18 heavy (non-hydrogen) atoms. The SMILES string of the molecule is COc1ccc(OC)c2c1C1C=CC2N1C(C)C. The van der Waals surface area contributed by atoms with Crippen molar-refractivity contribution in [3.63, 3.8) is 0 Å². The van der Waals surface area contributed by atoms with Crippen molar-refractivity contribution in [3.05, 3.63) is 35.4 Å². The van der Waals surface area contributed by atoms with Crippen molar-refractivity contribution >= 4 is 0 Å². The molecule has 0 spiro atoms. The van der Waals surface area contributed by atoms with Crippen molar-refractivity contribution < 1.29 is 9.47 Å². The van der Waals surface area contributed by atoms with E-state index in [2.05, 4.69) is 30.9 Å². The van der Waals surface area contributed by atoms with E-state index in [1.54, 1.807) is 14.2 Å². The summed E-state index contributed by atoms with van der Waals surface area (Å²) < 4.78 is 11.0. The van der Waals surface area contributed by atoms with Gasteiger partial charge < -0.3 is 9.47 Å². The van der Waals surface area contributed by atoms with Gasteiger partial charge in [-0.3, -0.25) is 4.90 Å². The van der Waals surface area contributed by atoms with Gasteiger partial charge in [-0.05, 0) is 26.0 Å². The van der Waals surface area contributed by atoms with Gasteiger partial charge in [0.25, 0.3) is 0 Å². The van der Waals surface area contributed by atoms with E-state index < -0.39 is 0 Å². The largest absolute Gasteiger partial charge is 0.496 e. The van der Waals surface area contributed by atoms with Crippen LogP contribution in [-0.4, -0.2) is 25.2 Å². The first kappa shape index (κ1) is 11.6. The highest BCUT2D eigenvalue weighted by atomic mass is 16.5. The minimum atomic E-state index is 0.329. The van der Waals surface area contributed by atoms with E-state index in [0.717, 1.165) is 11.5 Å². The molecule has 2 unspecified atom stereocenters. The third-order valence-electron chi connectivity index (χ3n) is 3.95. The van der Waals surface area contributed by atoms with Crippen LogP contribution in [0.25, 0.3) is 0 Å². The molecule has 2 aliphatic heterocycles. The number of benzene rings is 1. The van der Waals surface area contributed by atoms with Gasteiger partial charge >= 0.3 is 0 Å². The zero-order chi connectivity index (χ0) is 12.9. The number of fused-ring (bicyclic) bond motifs is 5. The fourth-order valence-electron chi connectivity index (χ4n) is 3.28. The number of rotatable bonds is 3. The Kier molecular flexibility index (Phi) is 2.59. The molecule has 0 aliphatic carbocycles. The topological polar surface area (TPSA) is 21.7 Å². The monoisotopic (exact) mass is 245 g/mol. The maximum atomic E-state index is 5.52. The molecule has 2 aliphatic rings. The smallest absolute Gasteiger partial charge is 0.124 e. The molecule has 2 bridgehead atoms. The second-order valence-electron chi connectivity index (χ2n) is 5.11. The second-order valence-corrected chi connectivity index (χ2v) is 5.11. The van der Waals surface area contributed by atoms with Crippen LogP contribution in [0.15, 0.2) is 24.3 Å². The third-order valence-corrected chi connectivity index (χ3v) is 3.95. The maximum Gasteiger partial charge on any atom is 0.124 e. The molecule has 0 saturated heterocycles. The van der Waals surface area contributed by atoms with Gasteiger partial charge in [0.15, 0.2) is 0 Å². The first-order valence-corrected chi connectivity index (χ1v) is 6.39. The summed E-state index contributed by atoms with van der Waals surface area (Å²) in [5.74, 6) is 1.93. The molecule has 0 saturated carbocycles. The van der Waals surface area contributed by atoms with E-state index >= 15 is 0 Å². The number of methoxy groups -OCH3 is 2. The van der Waals surface area contributed by atoms with Gasteiger partial charge in [-0.2, -0.15) is 0 Å². The van der Waals surface area contributed by atoms with Gasteiger partial charge in [-0.1, -0.05) is 12.2 Å². The van der Waals surface area contributed by atoms with Gasteiger partial charge in [0.1, 0.15) is 11.5 Å². The Morgan fingerprint density at radius 3 is 1.72 bits per heavy atom. The summed E-state index contributed by atoms with van der Waals surface area (Å²) in [4.78, 5) is 2.50. The molecule has 0 fully saturated rings. The van der Waals surface area contributed by atoms with Crippen LogP contribution in [0.2, 0.25) is 0 Å². The average molecular weight is 245 g/mol. The summed E-state index contributed by atoms with van der Waals surface area (Å²) in [6.07, 6.45) is 4.55. The molecule has 2 atom stereocenters. The number of nitrogens with zero attached hydrogens (tertiary/aromatic N) is 1. The Morgan fingerprint density at radius 1 is 0.944 bits per heavy atom. The highest BCUT2D eigenvalue weighted by Gasteiger charge is 2.44. The minimum Gasteiger partial charge on any atom is -0.496 e. The summed E-state index contributed by atoms with van der Waals surface area (Å²) in [5.41, 5.74) is 2.55. The lowest BCUT2D eigenvalue weighted by Gasteiger charge is -2.26. The van der Waals surface area contributed by atoms with E-state index in [1.165, 1.54) is 11.1 Å². The van der Waals surface area contributed by atoms with Crippen LogP contribution in [0.3, 0.4) is 0 Å². The van der Waals surface area contributed by atoms with E-state index in [-0.39, 0.29) is 0 Å². The summed E-state index contributed by atoms with van der Waals surface area (Å²) in [6.45, 7) is 4.47. The van der Waals surface area contributed by atoms with E-state index in [4.69, 9.17) is 9.47 Å². The lowest BCUT2D eigenvalue weighted by atomic mass is 9.95. The van der Waals surface area contributed by atoms with Crippen molar-refractivity contribution in [1.29, 1.82) is 0 Å². The first-order valence-electron chi connectivity index (χ1n) is 6.39. The molecule has 96 valence electrons. The predicted octanol–water partition coefficient (Wildman–Crippen LogP) is 3.08. The Hall–Kier alpha value is -1.48. The van der Waals surface area contributed by atoms with Crippen molar-refractivity contribution in [1.82, 2.24) is 4.90 Å². The Labute approximate surface area is 108 Å². The molecule has 1 aromatic rings. The van der Waals surface area contributed by atoms with E-state index in [1.807, 2.05) is 12.1 Å². The molecule has 3 heteroatoms. The summed E-state index contributed by atoms with van der Waals surface area (Å²) in [5, 5.41) is 0. The van der Waals surface area contributed by atoms with Crippen molar-refractivity contribution in [3.8, 4) is 11.5 Å². The van der Waals surface area contributed by atoms with Gasteiger partial charge in [0.2, 0.25) is 0 Å². The van der Waals surface area contributed by atoms with E-state index in [9.17, 15) is 0 Å². The fraction of sp³-hybridized carbons (Fsp3) is 0.467. The van der Waals surface area contributed by atoms with Gasteiger partial charge in [-0.15, -0.1) is 0 Å². The quantitative estimate of drug-likeness (QED) is 0.764. The van der Waals surface area contributed by atoms with Crippen LogP contribution in [0.5, 0.6) is 11.5 Å². The zero-order valence-electron chi connectivity index (χ0n) is 11.3. The number of hydrogen-bond donors (Lipinski definition) is 0. The normalized spacial score (nSPS) is 24.7. The summed E-state index contributed by atoms with van der Waals surface area (Å²) >= 11 is 0. The fourth-order valence-corrected chi connectivity index (χ4v) is 3.28. The molecule has 0 radical (unpaired) electrons. The molecule has 3 nitrogen and oxygen atoms in total. The average Bonchev–Trinajstić information content (AvgIpc) is 2.94. The van der Waals surface area contributed by atoms with Gasteiger partial charge in [0, 0.05) is 17.2 Å². The molecule has 1 aromatic carbocycles. The van der Waals surface area contributed by atoms with E-state index in [0.29, 0.717) is 18.1 Å². The number of hydrogen-bond acceptors (Lipinski definition) is 3. The van der Waals surface area contributed by atoms with Crippen molar-refractivity contribution in [2.45, 2.75) is 32.0 Å². The molecule has 0 amide bonds. The van der Waals surface area contributed by atoms with Crippen molar-refractivity contribution in [2.75, 3.05) is 14.2 Å². The zero-order valence-corrected chi connectivity index (χ0v) is 11.3. The lowest BCUT2D eigenvalue weighted by molar-refractivity contribution is 0.186. The summed E-state index contributed by atoms with van der Waals surface area (Å²) in [6, 6.07) is 5.16. The van der Waals surface area contributed by atoms with Crippen LogP contribution in [-0.2, 0) is 0 Å². The molecule has 0 aromatic heterocycles. The third kappa shape index (κ3) is 1.34. The molecule has 2 heterocycles. The maximum absolute atomic E-state index is 5.52. The molecule has 0 N–H and O–H groups in total. The van der Waals surface area contributed by atoms with Crippen LogP contribution >= 0.6 is 0 Å². The molecular formula is C15H19NO2. The van der Waals surface area contributed by atoms with Crippen LogP contribution in [0, 0.1) is 0 Å². The predicted molar refractivity (Wildman–Crippen MR) is 71.1 cm³/mol. The van der Waals surface area contributed by atoms with Crippen LogP contribution < -0.4 is 9.47 Å². The Bertz CT molecular complexity index is 466. The highest BCUT2D eigenvalue weighted by Crippen LogP contribution is 2.55. The van der Waals surface area contributed by atoms with Gasteiger partial charge in [-0.25, -0.2) is 0 Å². The number of ether oxygens (including phenoxy) is 2. The van der Waals surface area contributed by atoms with Crippen molar-refractivity contribution in [2.24, 2.45) is 0 Å². The second kappa shape index (κ2) is 4.02. The molecular weight excluding hydrogens is 226 g/mol.